The molecule has 0 bridgehead atoms. The zero-order chi connectivity index (χ0) is 20.1. The number of para-hydroxylation sites is 1. The van der Waals surface area contributed by atoms with Crippen molar-refractivity contribution < 1.29 is 14.3 Å². The Labute approximate surface area is 167 Å². The number of benzene rings is 2. The fourth-order valence-electron chi connectivity index (χ4n) is 3.53. The minimum atomic E-state index is -0.0935. The van der Waals surface area contributed by atoms with Crippen molar-refractivity contribution in [3.63, 3.8) is 0 Å². The Bertz CT molecular complexity index is 814. The number of methoxy groups -OCH3 is 2. The summed E-state index contributed by atoms with van der Waals surface area (Å²) in [5.74, 6) is 1.70. The normalized spacial score (nSPS) is 14.2. The van der Waals surface area contributed by atoms with Crippen molar-refractivity contribution in [2.45, 2.75) is 19.8 Å². The average Bonchev–Trinajstić information content (AvgIpc) is 2.73. The number of nitrogens with one attached hydrogen (secondary N) is 1. The highest BCUT2D eigenvalue weighted by molar-refractivity contribution is 5.90. The van der Waals surface area contributed by atoms with E-state index in [4.69, 9.17) is 9.47 Å². The van der Waals surface area contributed by atoms with Gasteiger partial charge < -0.3 is 24.6 Å². The van der Waals surface area contributed by atoms with E-state index in [-0.39, 0.29) is 6.03 Å². The van der Waals surface area contributed by atoms with Crippen LogP contribution in [0.25, 0.3) is 0 Å². The maximum Gasteiger partial charge on any atom is 0.321 e. The van der Waals surface area contributed by atoms with Crippen LogP contribution in [0.4, 0.5) is 16.2 Å². The molecule has 1 fully saturated rings. The molecule has 28 heavy (non-hydrogen) atoms. The van der Waals surface area contributed by atoms with E-state index in [1.807, 2.05) is 11.0 Å². The molecule has 150 valence electrons. The lowest BCUT2D eigenvalue weighted by molar-refractivity contribution is 0.208. The van der Waals surface area contributed by atoms with Gasteiger partial charge in [0.05, 0.1) is 14.2 Å². The number of rotatable bonds is 5. The van der Waals surface area contributed by atoms with Gasteiger partial charge >= 0.3 is 6.03 Å². The summed E-state index contributed by atoms with van der Waals surface area (Å²) in [5.41, 5.74) is 3.32. The zero-order valence-electron chi connectivity index (χ0n) is 17.1. The van der Waals surface area contributed by atoms with Crippen LogP contribution in [0, 0.1) is 0 Å². The molecule has 6 nitrogen and oxygen atoms in total. The van der Waals surface area contributed by atoms with Gasteiger partial charge in [-0.05, 0) is 29.7 Å². The summed E-state index contributed by atoms with van der Waals surface area (Å²) >= 11 is 0. The second-order valence-corrected chi connectivity index (χ2v) is 7.19. The second kappa shape index (κ2) is 8.87. The number of hydrogen-bond acceptors (Lipinski definition) is 4. The van der Waals surface area contributed by atoms with Crippen molar-refractivity contribution >= 4 is 17.4 Å². The van der Waals surface area contributed by atoms with Gasteiger partial charge in [0.2, 0.25) is 0 Å². The first-order chi connectivity index (χ1) is 13.5. The maximum absolute atomic E-state index is 12.7. The molecule has 0 radical (unpaired) electrons. The van der Waals surface area contributed by atoms with E-state index in [1.54, 1.807) is 26.4 Å². The van der Waals surface area contributed by atoms with Crippen LogP contribution in [0.3, 0.4) is 0 Å². The van der Waals surface area contributed by atoms with Gasteiger partial charge in [0.25, 0.3) is 0 Å². The van der Waals surface area contributed by atoms with Gasteiger partial charge in [0.1, 0.15) is 0 Å². The van der Waals surface area contributed by atoms with Crippen molar-refractivity contribution in [1.29, 1.82) is 0 Å². The molecular weight excluding hydrogens is 354 g/mol. The third kappa shape index (κ3) is 4.32. The molecule has 0 unspecified atom stereocenters. The van der Waals surface area contributed by atoms with E-state index in [0.29, 0.717) is 36.2 Å². The molecule has 0 aromatic heterocycles. The Morgan fingerprint density at radius 2 is 1.64 bits per heavy atom. The van der Waals surface area contributed by atoms with Crippen molar-refractivity contribution in [2.75, 3.05) is 50.6 Å². The lowest BCUT2D eigenvalue weighted by atomic mass is 10.00. The van der Waals surface area contributed by atoms with Crippen molar-refractivity contribution in [3.8, 4) is 11.5 Å². The number of anilines is 2. The summed E-state index contributed by atoms with van der Waals surface area (Å²) in [6.07, 6.45) is 0. The maximum atomic E-state index is 12.7. The SMILES string of the molecule is COc1ccc(NC(=O)N2CCN(c3ccccc3C(C)C)CC2)cc1OC. The first-order valence-corrected chi connectivity index (χ1v) is 9.65. The number of carbonyl (C=O) groups excluding carboxylic acids is 1. The van der Waals surface area contributed by atoms with Crippen LogP contribution >= 0.6 is 0 Å². The summed E-state index contributed by atoms with van der Waals surface area (Å²) < 4.78 is 10.5. The number of amides is 2. The number of urea groups is 1. The van der Waals surface area contributed by atoms with Crippen LogP contribution in [-0.4, -0.2) is 51.3 Å². The number of carbonyl (C=O) groups is 1. The molecule has 1 saturated heterocycles. The summed E-state index contributed by atoms with van der Waals surface area (Å²) in [6.45, 7) is 7.45. The zero-order valence-corrected chi connectivity index (χ0v) is 17.1. The van der Waals surface area contributed by atoms with Crippen LogP contribution in [0.2, 0.25) is 0 Å². The van der Waals surface area contributed by atoms with Gasteiger partial charge in [0.15, 0.2) is 11.5 Å². The molecule has 1 aliphatic heterocycles. The number of piperazine rings is 1. The minimum absolute atomic E-state index is 0.0935. The molecule has 3 rings (SSSR count). The predicted molar refractivity (Wildman–Crippen MR) is 113 cm³/mol. The van der Waals surface area contributed by atoms with Crippen LogP contribution in [0.15, 0.2) is 42.5 Å². The van der Waals surface area contributed by atoms with E-state index in [2.05, 4.69) is 48.3 Å². The fraction of sp³-hybridized carbons (Fsp3) is 0.409. The Kier molecular flexibility index (Phi) is 6.29. The molecule has 2 amide bonds. The third-order valence-electron chi connectivity index (χ3n) is 5.10. The van der Waals surface area contributed by atoms with Crippen LogP contribution in [-0.2, 0) is 0 Å². The van der Waals surface area contributed by atoms with E-state index in [0.717, 1.165) is 13.1 Å². The van der Waals surface area contributed by atoms with Crippen molar-refractivity contribution in [1.82, 2.24) is 4.90 Å². The van der Waals surface area contributed by atoms with E-state index in [9.17, 15) is 4.79 Å². The second-order valence-electron chi connectivity index (χ2n) is 7.19. The molecular formula is C22H29N3O3. The largest absolute Gasteiger partial charge is 0.493 e. The van der Waals surface area contributed by atoms with E-state index < -0.39 is 0 Å². The average molecular weight is 383 g/mol. The summed E-state index contributed by atoms with van der Waals surface area (Å²) in [4.78, 5) is 16.9. The molecule has 0 atom stereocenters. The summed E-state index contributed by atoms with van der Waals surface area (Å²) in [5, 5.41) is 2.95. The Balaban J connectivity index is 1.62. The number of nitrogens with zero attached hydrogens (tertiary/aromatic N) is 2. The van der Waals surface area contributed by atoms with Crippen molar-refractivity contribution in [2.24, 2.45) is 0 Å². The highest BCUT2D eigenvalue weighted by Crippen LogP contribution is 2.30. The molecule has 6 heteroatoms. The molecule has 1 aliphatic rings. The van der Waals surface area contributed by atoms with Crippen molar-refractivity contribution in [3.05, 3.63) is 48.0 Å². The minimum Gasteiger partial charge on any atom is -0.493 e. The van der Waals surface area contributed by atoms with Gasteiger partial charge in [-0.15, -0.1) is 0 Å². The van der Waals surface area contributed by atoms with E-state index >= 15 is 0 Å². The van der Waals surface area contributed by atoms with Gasteiger partial charge in [0, 0.05) is 43.6 Å². The number of hydrogen-bond donors (Lipinski definition) is 1. The third-order valence-corrected chi connectivity index (χ3v) is 5.10. The van der Waals surface area contributed by atoms with E-state index in [1.165, 1.54) is 11.3 Å². The lowest BCUT2D eigenvalue weighted by Crippen LogP contribution is -2.50. The Morgan fingerprint density at radius 1 is 0.964 bits per heavy atom. The highest BCUT2D eigenvalue weighted by atomic mass is 16.5. The smallest absolute Gasteiger partial charge is 0.321 e. The molecule has 0 aliphatic carbocycles. The van der Waals surface area contributed by atoms with Crippen LogP contribution in [0.5, 0.6) is 11.5 Å². The van der Waals surface area contributed by atoms with Crippen LogP contribution < -0.4 is 19.7 Å². The first-order valence-electron chi connectivity index (χ1n) is 9.65. The molecule has 1 heterocycles. The van der Waals surface area contributed by atoms with Gasteiger partial charge in [-0.2, -0.15) is 0 Å². The Morgan fingerprint density at radius 3 is 2.29 bits per heavy atom. The fourth-order valence-corrected chi connectivity index (χ4v) is 3.53. The summed E-state index contributed by atoms with van der Waals surface area (Å²) in [7, 11) is 3.17. The monoisotopic (exact) mass is 383 g/mol. The van der Waals surface area contributed by atoms with Crippen LogP contribution in [0.1, 0.15) is 25.3 Å². The lowest BCUT2D eigenvalue weighted by Gasteiger charge is -2.37. The molecule has 0 spiro atoms. The van der Waals surface area contributed by atoms with Gasteiger partial charge in [-0.25, -0.2) is 4.79 Å². The summed E-state index contributed by atoms with van der Waals surface area (Å²) in [6, 6.07) is 13.8. The highest BCUT2D eigenvalue weighted by Gasteiger charge is 2.23. The molecule has 2 aromatic rings. The standard InChI is InChI=1S/C22H29N3O3/c1-16(2)18-7-5-6-8-19(18)24-11-13-25(14-12-24)22(26)23-17-9-10-20(27-3)21(15-17)28-4/h5-10,15-16H,11-14H2,1-4H3,(H,23,26). The first kappa shape index (κ1) is 19.9. The predicted octanol–water partition coefficient (Wildman–Crippen LogP) is 4.18. The molecule has 2 aromatic carbocycles. The number of ether oxygens (including phenoxy) is 2. The van der Waals surface area contributed by atoms with Gasteiger partial charge in [-0.1, -0.05) is 32.0 Å². The molecule has 1 N–H and O–H groups in total. The quantitative estimate of drug-likeness (QED) is 0.841. The Hall–Kier alpha value is -2.89. The van der Waals surface area contributed by atoms with Gasteiger partial charge in [-0.3, -0.25) is 0 Å². The molecule has 0 saturated carbocycles. The topological polar surface area (TPSA) is 54.0 Å².